The summed E-state index contributed by atoms with van der Waals surface area (Å²) in [5, 5.41) is 6.02. The van der Waals surface area contributed by atoms with E-state index in [1.54, 1.807) is 0 Å². The molecule has 0 radical (unpaired) electrons. The van der Waals surface area contributed by atoms with E-state index in [1.807, 2.05) is 18.0 Å². The lowest BCUT2D eigenvalue weighted by Gasteiger charge is -2.35. The molecule has 1 aliphatic heterocycles. The van der Waals surface area contributed by atoms with Crippen molar-refractivity contribution in [3.63, 3.8) is 0 Å². The summed E-state index contributed by atoms with van der Waals surface area (Å²) in [5.41, 5.74) is 0. The van der Waals surface area contributed by atoms with Crippen LogP contribution in [0.5, 0.6) is 0 Å². The van der Waals surface area contributed by atoms with E-state index in [0.717, 1.165) is 24.5 Å². The van der Waals surface area contributed by atoms with Gasteiger partial charge in [0, 0.05) is 25.7 Å². The predicted octanol–water partition coefficient (Wildman–Crippen LogP) is 0.00210. The Kier molecular flexibility index (Phi) is 3.68. The van der Waals surface area contributed by atoms with Crippen LogP contribution in [-0.2, 0) is 9.53 Å². The van der Waals surface area contributed by atoms with Crippen LogP contribution in [0.1, 0.15) is 12.8 Å². The maximum Gasteiger partial charge on any atom is 0.245 e. The summed E-state index contributed by atoms with van der Waals surface area (Å²) in [4.78, 5) is 22.7. The Morgan fingerprint density at radius 3 is 3.05 bits per heavy atom. The van der Waals surface area contributed by atoms with Gasteiger partial charge >= 0.3 is 0 Å². The zero-order valence-corrected chi connectivity index (χ0v) is 11.5. The van der Waals surface area contributed by atoms with E-state index >= 15 is 0 Å². The maximum absolute atomic E-state index is 12.3. The molecule has 7 nitrogen and oxygen atoms in total. The number of hydrogen-bond donors (Lipinski definition) is 2. The molecular formula is C13H19N5O2. The molecule has 0 spiro atoms. The monoisotopic (exact) mass is 277 g/mol. The topological polar surface area (TPSA) is 79.4 Å². The number of rotatable bonds is 4. The SMILES string of the molecule is CNc1cc(N2CCOCC2C(=O)NC2CC2)ncn1. The molecule has 2 aliphatic rings. The predicted molar refractivity (Wildman–Crippen MR) is 74.7 cm³/mol. The van der Waals surface area contributed by atoms with Crippen LogP contribution in [0.25, 0.3) is 0 Å². The minimum atomic E-state index is -0.316. The number of morpholine rings is 1. The van der Waals surface area contributed by atoms with E-state index in [-0.39, 0.29) is 11.9 Å². The van der Waals surface area contributed by atoms with Gasteiger partial charge in [0.25, 0.3) is 0 Å². The summed E-state index contributed by atoms with van der Waals surface area (Å²) in [6.45, 7) is 1.66. The molecule has 0 bridgehead atoms. The normalized spacial score (nSPS) is 22.4. The molecule has 2 heterocycles. The maximum atomic E-state index is 12.3. The van der Waals surface area contributed by atoms with Gasteiger partial charge in [-0.1, -0.05) is 0 Å². The summed E-state index contributed by atoms with van der Waals surface area (Å²) in [6.07, 6.45) is 3.67. The molecule has 1 amide bonds. The van der Waals surface area contributed by atoms with Gasteiger partial charge in [-0.2, -0.15) is 0 Å². The van der Waals surface area contributed by atoms with Crippen LogP contribution >= 0.6 is 0 Å². The highest BCUT2D eigenvalue weighted by Gasteiger charge is 2.33. The van der Waals surface area contributed by atoms with Gasteiger partial charge in [0.2, 0.25) is 5.91 Å². The molecular weight excluding hydrogens is 258 g/mol. The molecule has 1 saturated carbocycles. The minimum absolute atomic E-state index is 0.0248. The Morgan fingerprint density at radius 2 is 2.30 bits per heavy atom. The summed E-state index contributed by atoms with van der Waals surface area (Å²) in [5.74, 6) is 1.52. The lowest BCUT2D eigenvalue weighted by atomic mass is 10.2. The van der Waals surface area contributed by atoms with Gasteiger partial charge in [-0.3, -0.25) is 4.79 Å². The Labute approximate surface area is 117 Å². The molecule has 1 aliphatic carbocycles. The van der Waals surface area contributed by atoms with Crippen molar-refractivity contribution < 1.29 is 9.53 Å². The number of nitrogens with zero attached hydrogens (tertiary/aromatic N) is 3. The quantitative estimate of drug-likeness (QED) is 0.806. The van der Waals surface area contributed by atoms with E-state index in [2.05, 4.69) is 20.6 Å². The molecule has 1 unspecified atom stereocenters. The molecule has 0 aromatic carbocycles. The Bertz CT molecular complexity index is 491. The van der Waals surface area contributed by atoms with Crippen molar-refractivity contribution in [2.24, 2.45) is 0 Å². The molecule has 1 aromatic rings. The summed E-state index contributed by atoms with van der Waals surface area (Å²) >= 11 is 0. The molecule has 1 aromatic heterocycles. The van der Waals surface area contributed by atoms with Crippen LogP contribution in [-0.4, -0.2) is 54.8 Å². The Hall–Kier alpha value is -1.89. The average molecular weight is 277 g/mol. The molecule has 1 atom stereocenters. The second-order valence-corrected chi connectivity index (χ2v) is 5.08. The summed E-state index contributed by atoms with van der Waals surface area (Å²) in [7, 11) is 1.81. The number of ether oxygens (including phenoxy) is 1. The van der Waals surface area contributed by atoms with Crippen LogP contribution in [0.15, 0.2) is 12.4 Å². The van der Waals surface area contributed by atoms with Crippen LogP contribution in [0.4, 0.5) is 11.6 Å². The lowest BCUT2D eigenvalue weighted by molar-refractivity contribution is -0.124. The lowest BCUT2D eigenvalue weighted by Crippen LogP contribution is -2.54. The largest absolute Gasteiger partial charge is 0.377 e. The van der Waals surface area contributed by atoms with Crippen molar-refractivity contribution in [3.8, 4) is 0 Å². The van der Waals surface area contributed by atoms with E-state index in [0.29, 0.717) is 25.8 Å². The van der Waals surface area contributed by atoms with Gasteiger partial charge in [0.15, 0.2) is 0 Å². The van der Waals surface area contributed by atoms with E-state index in [9.17, 15) is 4.79 Å². The van der Waals surface area contributed by atoms with Crippen LogP contribution in [0, 0.1) is 0 Å². The highest BCUT2D eigenvalue weighted by atomic mass is 16.5. The third-order valence-electron chi connectivity index (χ3n) is 3.56. The van der Waals surface area contributed by atoms with Gasteiger partial charge in [-0.15, -0.1) is 0 Å². The smallest absolute Gasteiger partial charge is 0.245 e. The first-order valence-corrected chi connectivity index (χ1v) is 6.92. The van der Waals surface area contributed by atoms with Gasteiger partial charge in [-0.05, 0) is 12.8 Å². The van der Waals surface area contributed by atoms with E-state index in [4.69, 9.17) is 4.74 Å². The molecule has 2 N–H and O–H groups in total. The molecule has 1 saturated heterocycles. The van der Waals surface area contributed by atoms with Crippen molar-refractivity contribution in [1.29, 1.82) is 0 Å². The first-order valence-electron chi connectivity index (χ1n) is 6.92. The highest BCUT2D eigenvalue weighted by molar-refractivity contribution is 5.86. The van der Waals surface area contributed by atoms with Crippen molar-refractivity contribution >= 4 is 17.5 Å². The zero-order chi connectivity index (χ0) is 13.9. The first kappa shape index (κ1) is 13.1. The van der Waals surface area contributed by atoms with E-state index < -0.39 is 0 Å². The summed E-state index contributed by atoms with van der Waals surface area (Å²) < 4.78 is 5.45. The third-order valence-corrected chi connectivity index (χ3v) is 3.56. The molecule has 3 rings (SSSR count). The molecule has 108 valence electrons. The molecule has 2 fully saturated rings. The number of aromatic nitrogens is 2. The minimum Gasteiger partial charge on any atom is -0.377 e. The fourth-order valence-electron chi connectivity index (χ4n) is 2.26. The third kappa shape index (κ3) is 2.82. The van der Waals surface area contributed by atoms with Crippen molar-refractivity contribution in [2.45, 2.75) is 24.9 Å². The van der Waals surface area contributed by atoms with Gasteiger partial charge in [0.1, 0.15) is 24.0 Å². The second kappa shape index (κ2) is 5.62. The standard InChI is InChI=1S/C13H19N5O2/c1-14-11-6-12(16-8-15-11)18-4-5-20-7-10(18)13(19)17-9-2-3-9/h6,8-10H,2-5,7H2,1H3,(H,17,19)(H,14,15,16). The second-order valence-electron chi connectivity index (χ2n) is 5.08. The van der Waals surface area contributed by atoms with Gasteiger partial charge < -0.3 is 20.3 Å². The van der Waals surface area contributed by atoms with Crippen LogP contribution < -0.4 is 15.5 Å². The van der Waals surface area contributed by atoms with Gasteiger partial charge in [-0.25, -0.2) is 9.97 Å². The van der Waals surface area contributed by atoms with Gasteiger partial charge in [0.05, 0.1) is 13.2 Å². The Morgan fingerprint density at radius 1 is 1.45 bits per heavy atom. The fraction of sp³-hybridized carbons (Fsp3) is 0.615. The number of anilines is 2. The average Bonchev–Trinajstić information content (AvgIpc) is 3.31. The molecule has 7 heteroatoms. The zero-order valence-electron chi connectivity index (χ0n) is 11.5. The van der Waals surface area contributed by atoms with Crippen molar-refractivity contribution in [3.05, 3.63) is 12.4 Å². The number of nitrogens with one attached hydrogen (secondary N) is 2. The number of hydrogen-bond acceptors (Lipinski definition) is 6. The van der Waals surface area contributed by atoms with Crippen LogP contribution in [0.3, 0.4) is 0 Å². The highest BCUT2D eigenvalue weighted by Crippen LogP contribution is 2.22. The molecule has 20 heavy (non-hydrogen) atoms. The fourth-order valence-corrected chi connectivity index (χ4v) is 2.26. The first-order chi connectivity index (χ1) is 9.78. The van der Waals surface area contributed by atoms with Crippen molar-refractivity contribution in [2.75, 3.05) is 37.0 Å². The summed E-state index contributed by atoms with van der Waals surface area (Å²) in [6, 6.07) is 1.89. The van der Waals surface area contributed by atoms with Crippen LogP contribution in [0.2, 0.25) is 0 Å². The van der Waals surface area contributed by atoms with E-state index in [1.165, 1.54) is 6.33 Å². The number of amides is 1. The van der Waals surface area contributed by atoms with Crippen molar-refractivity contribution in [1.82, 2.24) is 15.3 Å². The number of carbonyl (C=O) groups is 1. The Balaban J connectivity index is 1.77. The number of carbonyl (C=O) groups excluding carboxylic acids is 1.